The van der Waals surface area contributed by atoms with Gasteiger partial charge in [0.1, 0.15) is 5.82 Å². The first kappa shape index (κ1) is 13.4. The lowest BCUT2D eigenvalue weighted by atomic mass is 10.1. The van der Waals surface area contributed by atoms with Crippen LogP contribution in [-0.2, 0) is 19.5 Å². The van der Waals surface area contributed by atoms with Gasteiger partial charge in [-0.05, 0) is 6.42 Å². The number of unbranched alkanes of at least 4 members (excludes halogenated alkanes) is 2. The summed E-state index contributed by atoms with van der Waals surface area (Å²) in [6.07, 6.45) is 4.90. The van der Waals surface area contributed by atoms with Crippen molar-refractivity contribution in [2.24, 2.45) is 0 Å². The third-order valence-electron chi connectivity index (χ3n) is 4.00. The monoisotopic (exact) mass is 269 g/mol. The van der Waals surface area contributed by atoms with Gasteiger partial charge in [0.25, 0.3) is 0 Å². The van der Waals surface area contributed by atoms with Crippen molar-refractivity contribution in [3.05, 3.63) is 41.7 Å². The maximum absolute atomic E-state index is 4.90. The Hall–Kier alpha value is -1.61. The molecule has 1 aliphatic rings. The molecule has 1 N–H and O–H groups in total. The molecular weight excluding hydrogens is 246 g/mol. The minimum Gasteiger partial charge on any atom is -0.328 e. The van der Waals surface area contributed by atoms with Crippen LogP contribution in [-0.4, -0.2) is 16.1 Å². The molecule has 3 rings (SSSR count). The maximum atomic E-state index is 4.90. The van der Waals surface area contributed by atoms with Gasteiger partial charge in [-0.25, -0.2) is 4.98 Å². The first-order chi connectivity index (χ1) is 9.90. The molecule has 0 unspecified atom stereocenters. The number of nitrogens with one attached hydrogen (secondary N) is 1. The van der Waals surface area contributed by atoms with Crippen molar-refractivity contribution in [1.82, 2.24) is 14.9 Å². The Morgan fingerprint density at radius 1 is 1.20 bits per heavy atom. The van der Waals surface area contributed by atoms with E-state index in [4.69, 9.17) is 4.98 Å². The van der Waals surface area contributed by atoms with Gasteiger partial charge in [-0.1, -0.05) is 50.1 Å². The van der Waals surface area contributed by atoms with Crippen LogP contribution in [0.1, 0.15) is 37.6 Å². The fourth-order valence-electron chi connectivity index (χ4n) is 2.94. The maximum Gasteiger partial charge on any atom is 0.140 e. The minimum atomic E-state index is 0.913. The predicted octanol–water partition coefficient (Wildman–Crippen LogP) is 3.39. The first-order valence-electron chi connectivity index (χ1n) is 7.74. The highest BCUT2D eigenvalue weighted by molar-refractivity contribution is 5.57. The van der Waals surface area contributed by atoms with Crippen molar-refractivity contribution < 1.29 is 0 Å². The smallest absolute Gasteiger partial charge is 0.140 e. The molecule has 20 heavy (non-hydrogen) atoms. The number of nitrogens with zero attached hydrogens (tertiary/aromatic N) is 2. The minimum absolute atomic E-state index is 0.913. The number of hydrogen-bond donors (Lipinski definition) is 1. The summed E-state index contributed by atoms with van der Waals surface area (Å²) in [6.45, 7) is 5.34. The van der Waals surface area contributed by atoms with Gasteiger partial charge < -0.3 is 9.88 Å². The molecule has 0 amide bonds. The van der Waals surface area contributed by atoms with Crippen LogP contribution in [0, 0.1) is 0 Å². The van der Waals surface area contributed by atoms with E-state index in [9.17, 15) is 0 Å². The summed E-state index contributed by atoms with van der Waals surface area (Å²) in [5.41, 5.74) is 3.92. The van der Waals surface area contributed by atoms with E-state index in [-0.39, 0.29) is 0 Å². The highest BCUT2D eigenvalue weighted by Gasteiger charge is 2.19. The topological polar surface area (TPSA) is 29.9 Å². The van der Waals surface area contributed by atoms with Crippen molar-refractivity contribution in [3.63, 3.8) is 0 Å². The van der Waals surface area contributed by atoms with E-state index in [1.54, 1.807) is 0 Å². The number of benzene rings is 1. The normalized spacial score (nSPS) is 14.2. The van der Waals surface area contributed by atoms with Crippen LogP contribution < -0.4 is 5.32 Å². The summed E-state index contributed by atoms with van der Waals surface area (Å²) in [5.74, 6) is 1.15. The average Bonchev–Trinajstić information content (AvgIpc) is 2.87. The highest BCUT2D eigenvalue weighted by Crippen LogP contribution is 2.25. The molecule has 1 aromatic heterocycles. The molecule has 1 aromatic carbocycles. The van der Waals surface area contributed by atoms with Crippen molar-refractivity contribution in [3.8, 4) is 11.4 Å². The number of fused-ring (bicyclic) bond motifs is 1. The first-order valence-corrected chi connectivity index (χ1v) is 7.74. The van der Waals surface area contributed by atoms with Crippen LogP contribution in [0.2, 0.25) is 0 Å². The van der Waals surface area contributed by atoms with E-state index in [1.807, 2.05) is 0 Å². The fraction of sp³-hybridized carbons (Fsp3) is 0.471. The summed E-state index contributed by atoms with van der Waals surface area (Å²) < 4.78 is 2.46. The molecule has 1 aliphatic heterocycles. The van der Waals surface area contributed by atoms with Crippen LogP contribution >= 0.6 is 0 Å². The van der Waals surface area contributed by atoms with Crippen molar-refractivity contribution in [2.45, 2.75) is 45.7 Å². The standard InChI is InChI=1S/C17H23N3/c1-2-3-7-12-20-16-10-11-18-13-15(16)19-17(20)14-8-5-4-6-9-14/h4-6,8-9,18H,2-3,7,10-13H2,1H3. The molecule has 0 spiro atoms. The molecule has 0 saturated heterocycles. The van der Waals surface area contributed by atoms with E-state index in [1.165, 1.54) is 36.2 Å². The third-order valence-corrected chi connectivity index (χ3v) is 4.00. The molecule has 0 fully saturated rings. The second kappa shape index (κ2) is 6.23. The Morgan fingerprint density at radius 2 is 2.05 bits per heavy atom. The summed E-state index contributed by atoms with van der Waals surface area (Å²) in [6, 6.07) is 10.6. The summed E-state index contributed by atoms with van der Waals surface area (Å²) in [4.78, 5) is 4.90. The van der Waals surface area contributed by atoms with E-state index < -0.39 is 0 Å². The summed E-state index contributed by atoms with van der Waals surface area (Å²) in [7, 11) is 0. The summed E-state index contributed by atoms with van der Waals surface area (Å²) >= 11 is 0. The molecule has 2 aromatic rings. The number of imidazole rings is 1. The third kappa shape index (κ3) is 2.63. The van der Waals surface area contributed by atoms with Crippen LogP contribution in [0.25, 0.3) is 11.4 Å². The van der Waals surface area contributed by atoms with Crippen molar-refractivity contribution >= 4 is 0 Å². The van der Waals surface area contributed by atoms with Gasteiger partial charge in [-0.15, -0.1) is 0 Å². The predicted molar refractivity (Wildman–Crippen MR) is 82.6 cm³/mol. The fourth-order valence-corrected chi connectivity index (χ4v) is 2.94. The average molecular weight is 269 g/mol. The molecular formula is C17H23N3. The lowest BCUT2D eigenvalue weighted by molar-refractivity contribution is 0.558. The van der Waals surface area contributed by atoms with Gasteiger partial charge in [-0.3, -0.25) is 0 Å². The van der Waals surface area contributed by atoms with E-state index in [2.05, 4.69) is 47.1 Å². The molecule has 2 heterocycles. The molecule has 0 saturated carbocycles. The molecule has 0 atom stereocenters. The van der Waals surface area contributed by atoms with Gasteiger partial charge in [0, 0.05) is 37.3 Å². The van der Waals surface area contributed by atoms with Gasteiger partial charge in [0.15, 0.2) is 0 Å². The Bertz CT molecular complexity index is 557. The lowest BCUT2D eigenvalue weighted by Crippen LogP contribution is -2.25. The summed E-state index contributed by atoms with van der Waals surface area (Å²) in [5, 5.41) is 3.42. The Balaban J connectivity index is 1.97. The van der Waals surface area contributed by atoms with Gasteiger partial charge in [0.05, 0.1) is 5.69 Å². The number of rotatable bonds is 5. The Morgan fingerprint density at radius 3 is 2.85 bits per heavy atom. The van der Waals surface area contributed by atoms with Crippen molar-refractivity contribution in [1.29, 1.82) is 0 Å². The van der Waals surface area contributed by atoms with Gasteiger partial charge >= 0.3 is 0 Å². The molecule has 0 aliphatic carbocycles. The highest BCUT2D eigenvalue weighted by atomic mass is 15.1. The number of hydrogen-bond acceptors (Lipinski definition) is 2. The zero-order valence-electron chi connectivity index (χ0n) is 12.2. The largest absolute Gasteiger partial charge is 0.328 e. The quantitative estimate of drug-likeness (QED) is 0.843. The second-order valence-electron chi connectivity index (χ2n) is 5.48. The van der Waals surface area contributed by atoms with E-state index in [0.717, 1.165) is 31.9 Å². The molecule has 106 valence electrons. The van der Waals surface area contributed by atoms with Crippen LogP contribution in [0.15, 0.2) is 30.3 Å². The van der Waals surface area contributed by atoms with E-state index in [0.29, 0.717) is 0 Å². The Kier molecular flexibility index (Phi) is 4.16. The second-order valence-corrected chi connectivity index (χ2v) is 5.48. The zero-order valence-corrected chi connectivity index (χ0v) is 12.2. The molecule has 0 radical (unpaired) electrons. The Labute approximate surface area is 121 Å². The van der Waals surface area contributed by atoms with Gasteiger partial charge in [0.2, 0.25) is 0 Å². The van der Waals surface area contributed by atoms with Crippen LogP contribution in [0.5, 0.6) is 0 Å². The lowest BCUT2D eigenvalue weighted by Gasteiger charge is -2.16. The van der Waals surface area contributed by atoms with E-state index >= 15 is 0 Å². The number of aromatic nitrogens is 2. The van der Waals surface area contributed by atoms with Gasteiger partial charge in [-0.2, -0.15) is 0 Å². The zero-order chi connectivity index (χ0) is 13.8. The van der Waals surface area contributed by atoms with Crippen LogP contribution in [0.4, 0.5) is 0 Å². The van der Waals surface area contributed by atoms with Crippen molar-refractivity contribution in [2.75, 3.05) is 6.54 Å². The molecule has 0 bridgehead atoms. The SMILES string of the molecule is CCCCCn1c(-c2ccccc2)nc2c1CCNC2. The van der Waals surface area contributed by atoms with Crippen LogP contribution in [0.3, 0.4) is 0 Å². The molecule has 3 nitrogen and oxygen atoms in total. The molecule has 3 heteroatoms.